The number of anilines is 1. The first-order chi connectivity index (χ1) is 8.15. The van der Waals surface area contributed by atoms with Crippen molar-refractivity contribution in [2.75, 3.05) is 5.73 Å². The van der Waals surface area contributed by atoms with E-state index in [1.807, 2.05) is 12.1 Å². The first-order valence-corrected chi connectivity index (χ1v) is 5.45. The van der Waals surface area contributed by atoms with Gasteiger partial charge in [-0.15, -0.1) is 0 Å². The number of halogens is 2. The van der Waals surface area contributed by atoms with Gasteiger partial charge in [0.15, 0.2) is 0 Å². The number of nitrogens with two attached hydrogens (primary N) is 1. The number of ether oxygens (including phenoxy) is 1. The van der Waals surface area contributed by atoms with Crippen LogP contribution < -0.4 is 10.5 Å². The van der Waals surface area contributed by atoms with E-state index in [1.54, 1.807) is 18.2 Å². The van der Waals surface area contributed by atoms with Crippen molar-refractivity contribution in [3.8, 4) is 5.75 Å². The van der Waals surface area contributed by atoms with E-state index in [9.17, 15) is 4.39 Å². The lowest BCUT2D eigenvalue weighted by Crippen LogP contribution is -1.98. The Hall–Kier alpha value is -1.74. The minimum absolute atomic E-state index is 0.228. The Morgan fingerprint density at radius 3 is 2.65 bits per heavy atom. The van der Waals surface area contributed by atoms with E-state index < -0.39 is 0 Å². The van der Waals surface area contributed by atoms with Gasteiger partial charge in [-0.1, -0.05) is 23.7 Å². The minimum Gasteiger partial charge on any atom is -0.487 e. The summed E-state index contributed by atoms with van der Waals surface area (Å²) in [7, 11) is 0. The summed E-state index contributed by atoms with van der Waals surface area (Å²) < 4.78 is 18.6. The molecule has 2 nitrogen and oxygen atoms in total. The van der Waals surface area contributed by atoms with Crippen LogP contribution in [0.15, 0.2) is 42.5 Å². The van der Waals surface area contributed by atoms with E-state index in [2.05, 4.69) is 0 Å². The maximum atomic E-state index is 13.1. The molecule has 88 valence electrons. The van der Waals surface area contributed by atoms with Crippen LogP contribution in [-0.2, 0) is 6.61 Å². The highest BCUT2D eigenvalue weighted by atomic mass is 35.5. The molecule has 4 heteroatoms. The molecule has 0 bridgehead atoms. The fourth-order valence-corrected chi connectivity index (χ4v) is 1.67. The number of rotatable bonds is 3. The maximum Gasteiger partial charge on any atom is 0.138 e. The summed E-state index contributed by atoms with van der Waals surface area (Å²) in [5.74, 6) is 0.194. The Morgan fingerprint density at radius 2 is 1.94 bits per heavy atom. The molecule has 0 saturated heterocycles. The highest BCUT2D eigenvalue weighted by Gasteiger charge is 2.02. The van der Waals surface area contributed by atoms with Gasteiger partial charge < -0.3 is 10.5 Å². The molecule has 2 aromatic carbocycles. The molecule has 0 atom stereocenters. The topological polar surface area (TPSA) is 35.2 Å². The second-order valence-electron chi connectivity index (χ2n) is 3.61. The molecule has 0 aliphatic heterocycles. The molecule has 0 aromatic heterocycles. The third-order valence-corrected chi connectivity index (χ3v) is 2.52. The van der Waals surface area contributed by atoms with Gasteiger partial charge in [-0.3, -0.25) is 0 Å². The van der Waals surface area contributed by atoms with Crippen molar-refractivity contribution >= 4 is 17.3 Å². The molecule has 2 rings (SSSR count). The molecule has 17 heavy (non-hydrogen) atoms. The summed E-state index contributed by atoms with van der Waals surface area (Å²) >= 11 is 5.93. The largest absolute Gasteiger partial charge is 0.487 e. The van der Waals surface area contributed by atoms with E-state index >= 15 is 0 Å². The lowest BCUT2D eigenvalue weighted by molar-refractivity contribution is 0.306. The average Bonchev–Trinajstić information content (AvgIpc) is 2.27. The van der Waals surface area contributed by atoms with Crippen LogP contribution in [0.3, 0.4) is 0 Å². The summed E-state index contributed by atoms with van der Waals surface area (Å²) in [6, 6.07) is 11.4. The zero-order valence-electron chi connectivity index (χ0n) is 8.99. The molecule has 0 aliphatic carbocycles. The van der Waals surface area contributed by atoms with Gasteiger partial charge in [-0.2, -0.15) is 0 Å². The van der Waals surface area contributed by atoms with E-state index in [4.69, 9.17) is 22.1 Å². The van der Waals surface area contributed by atoms with Crippen LogP contribution in [0.1, 0.15) is 5.56 Å². The molecule has 2 N–H and O–H groups in total. The first kappa shape index (κ1) is 11.7. The number of benzene rings is 2. The van der Waals surface area contributed by atoms with Gasteiger partial charge in [0, 0.05) is 5.69 Å². The van der Waals surface area contributed by atoms with Crippen molar-refractivity contribution < 1.29 is 9.13 Å². The van der Waals surface area contributed by atoms with Crippen molar-refractivity contribution in [2.45, 2.75) is 6.61 Å². The van der Waals surface area contributed by atoms with Crippen molar-refractivity contribution in [3.05, 3.63) is 58.9 Å². The summed E-state index contributed by atoms with van der Waals surface area (Å²) in [5, 5.41) is 0.525. The van der Waals surface area contributed by atoms with Crippen LogP contribution in [0.25, 0.3) is 0 Å². The molecule has 0 saturated carbocycles. The standard InChI is InChI=1S/C13H11ClFNO/c14-12-3-1-2-4-13(12)17-8-9-5-10(15)7-11(16)6-9/h1-7H,8,16H2. The molecule has 0 unspecified atom stereocenters. The molecule has 0 fully saturated rings. The summed E-state index contributed by atoms with van der Waals surface area (Å²) in [5.41, 5.74) is 6.58. The zero-order valence-corrected chi connectivity index (χ0v) is 9.75. The molecule has 0 amide bonds. The summed E-state index contributed by atoms with van der Waals surface area (Å²) in [6.07, 6.45) is 0. The van der Waals surface area contributed by atoms with Crippen LogP contribution in [0, 0.1) is 5.82 Å². The third kappa shape index (κ3) is 3.11. The molecule has 0 aliphatic rings. The lowest BCUT2D eigenvalue weighted by atomic mass is 10.2. The van der Waals surface area contributed by atoms with Gasteiger partial charge in [0.05, 0.1) is 5.02 Å². The van der Waals surface area contributed by atoms with Crippen molar-refractivity contribution in [3.63, 3.8) is 0 Å². The maximum absolute atomic E-state index is 13.1. The van der Waals surface area contributed by atoms with Gasteiger partial charge in [0.2, 0.25) is 0 Å². The predicted octanol–water partition coefficient (Wildman–Crippen LogP) is 3.64. The quantitative estimate of drug-likeness (QED) is 0.846. The summed E-state index contributed by atoms with van der Waals surface area (Å²) in [6.45, 7) is 0.228. The Kier molecular flexibility index (Phi) is 3.49. The van der Waals surface area contributed by atoms with Crippen LogP contribution in [-0.4, -0.2) is 0 Å². The fourth-order valence-electron chi connectivity index (χ4n) is 1.48. The normalized spacial score (nSPS) is 10.2. The van der Waals surface area contributed by atoms with Crippen LogP contribution in [0.5, 0.6) is 5.75 Å². The van der Waals surface area contributed by atoms with Crippen molar-refractivity contribution in [1.29, 1.82) is 0 Å². The monoisotopic (exact) mass is 251 g/mol. The Bertz CT molecular complexity index is 510. The van der Waals surface area contributed by atoms with Crippen LogP contribution in [0.4, 0.5) is 10.1 Å². The average molecular weight is 252 g/mol. The third-order valence-electron chi connectivity index (χ3n) is 2.21. The summed E-state index contributed by atoms with van der Waals surface area (Å²) in [4.78, 5) is 0. The van der Waals surface area contributed by atoms with E-state index in [1.165, 1.54) is 12.1 Å². The van der Waals surface area contributed by atoms with Crippen LogP contribution >= 0.6 is 11.6 Å². The van der Waals surface area contributed by atoms with E-state index in [-0.39, 0.29) is 12.4 Å². The molecule has 0 heterocycles. The molecular weight excluding hydrogens is 241 g/mol. The number of para-hydroxylation sites is 1. The highest BCUT2D eigenvalue weighted by molar-refractivity contribution is 6.32. The fraction of sp³-hybridized carbons (Fsp3) is 0.0769. The van der Waals surface area contributed by atoms with Gasteiger partial charge in [-0.05, 0) is 35.9 Å². The predicted molar refractivity (Wildman–Crippen MR) is 66.6 cm³/mol. The second kappa shape index (κ2) is 5.06. The Balaban J connectivity index is 2.10. The SMILES string of the molecule is Nc1cc(F)cc(COc2ccccc2Cl)c1. The van der Waals surface area contributed by atoms with Crippen molar-refractivity contribution in [2.24, 2.45) is 0 Å². The molecule has 0 spiro atoms. The highest BCUT2D eigenvalue weighted by Crippen LogP contribution is 2.24. The second-order valence-corrected chi connectivity index (χ2v) is 4.02. The van der Waals surface area contributed by atoms with Gasteiger partial charge >= 0.3 is 0 Å². The smallest absolute Gasteiger partial charge is 0.138 e. The number of hydrogen-bond donors (Lipinski definition) is 1. The minimum atomic E-state index is -0.372. The molecular formula is C13H11ClFNO. The molecule has 2 aromatic rings. The van der Waals surface area contributed by atoms with Crippen molar-refractivity contribution in [1.82, 2.24) is 0 Å². The van der Waals surface area contributed by atoms with E-state index in [0.717, 1.165) is 0 Å². The number of hydrogen-bond acceptors (Lipinski definition) is 2. The van der Waals surface area contributed by atoms with Gasteiger partial charge in [0.25, 0.3) is 0 Å². The first-order valence-electron chi connectivity index (χ1n) is 5.07. The van der Waals surface area contributed by atoms with E-state index in [0.29, 0.717) is 22.0 Å². The van der Waals surface area contributed by atoms with Gasteiger partial charge in [-0.25, -0.2) is 4.39 Å². The molecule has 0 radical (unpaired) electrons. The number of nitrogen functional groups attached to an aromatic ring is 1. The van der Waals surface area contributed by atoms with Gasteiger partial charge in [0.1, 0.15) is 18.2 Å². The Labute approximate surface area is 104 Å². The van der Waals surface area contributed by atoms with Crippen LogP contribution in [0.2, 0.25) is 5.02 Å². The zero-order chi connectivity index (χ0) is 12.3. The Morgan fingerprint density at radius 1 is 1.18 bits per heavy atom. The lowest BCUT2D eigenvalue weighted by Gasteiger charge is -2.08.